The van der Waals surface area contributed by atoms with Crippen LogP contribution in [-0.4, -0.2) is 16.3 Å². The predicted octanol–water partition coefficient (Wildman–Crippen LogP) is 5.07. The van der Waals surface area contributed by atoms with Gasteiger partial charge in [0.15, 0.2) is 0 Å². The van der Waals surface area contributed by atoms with Crippen LogP contribution < -0.4 is 5.73 Å². The molecule has 3 aromatic rings. The van der Waals surface area contributed by atoms with Crippen molar-refractivity contribution in [1.29, 1.82) is 0 Å². The largest absolute Gasteiger partial charge is 0.443 e. The monoisotopic (exact) mass is 334 g/mol. The van der Waals surface area contributed by atoms with E-state index >= 15 is 0 Å². The summed E-state index contributed by atoms with van der Waals surface area (Å²) in [6.45, 7) is 9.75. The summed E-state index contributed by atoms with van der Waals surface area (Å²) in [5.74, 6) is 0. The first kappa shape index (κ1) is 16.8. The van der Waals surface area contributed by atoms with Gasteiger partial charge in [-0.25, -0.2) is 4.79 Å². The van der Waals surface area contributed by atoms with Gasteiger partial charge in [0.25, 0.3) is 0 Å². The van der Waals surface area contributed by atoms with E-state index in [2.05, 4.69) is 6.58 Å². The lowest BCUT2D eigenvalue weighted by Gasteiger charge is -2.20. The molecular weight excluding hydrogens is 312 g/mol. The Morgan fingerprint density at radius 1 is 1.08 bits per heavy atom. The topological polar surface area (TPSA) is 57.2 Å². The fourth-order valence-electron chi connectivity index (χ4n) is 2.82. The molecule has 4 nitrogen and oxygen atoms in total. The number of rotatable bonds is 2. The zero-order chi connectivity index (χ0) is 18.2. The molecule has 25 heavy (non-hydrogen) atoms. The van der Waals surface area contributed by atoms with Gasteiger partial charge < -0.3 is 10.5 Å². The van der Waals surface area contributed by atoms with Crippen LogP contribution >= 0.6 is 0 Å². The molecule has 2 aromatic carbocycles. The molecule has 3 rings (SSSR count). The van der Waals surface area contributed by atoms with Gasteiger partial charge in [0.1, 0.15) is 5.60 Å². The molecule has 0 saturated heterocycles. The minimum atomic E-state index is -0.558. The number of anilines is 1. The summed E-state index contributed by atoms with van der Waals surface area (Å²) in [7, 11) is 0. The molecule has 0 aliphatic heterocycles. The number of benzene rings is 2. The Hall–Kier alpha value is -3.01. The molecule has 0 aliphatic carbocycles. The van der Waals surface area contributed by atoms with Crippen LogP contribution in [0.3, 0.4) is 0 Å². The summed E-state index contributed by atoms with van der Waals surface area (Å²) in [5.41, 5.74) is 9.70. The number of nitrogens with two attached hydrogens (primary N) is 1. The van der Waals surface area contributed by atoms with Crippen LogP contribution in [0.5, 0.6) is 0 Å². The number of aromatic nitrogens is 1. The summed E-state index contributed by atoms with van der Waals surface area (Å²) >= 11 is 0. The summed E-state index contributed by atoms with van der Waals surface area (Å²) < 4.78 is 6.98. The minimum Gasteiger partial charge on any atom is -0.443 e. The van der Waals surface area contributed by atoms with Crippen molar-refractivity contribution < 1.29 is 9.53 Å². The van der Waals surface area contributed by atoms with Crippen molar-refractivity contribution in [3.8, 4) is 0 Å². The third-order valence-corrected chi connectivity index (χ3v) is 3.92. The van der Waals surface area contributed by atoms with Crippen molar-refractivity contribution in [2.24, 2.45) is 0 Å². The van der Waals surface area contributed by atoms with Crippen LogP contribution in [0.25, 0.3) is 16.5 Å². The van der Waals surface area contributed by atoms with E-state index in [4.69, 9.17) is 10.5 Å². The molecule has 0 spiro atoms. The number of nitrogens with zero attached hydrogens (tertiary/aromatic N) is 1. The van der Waals surface area contributed by atoms with E-state index in [1.807, 2.05) is 63.2 Å². The van der Waals surface area contributed by atoms with Crippen LogP contribution in [0, 0.1) is 0 Å². The first-order chi connectivity index (χ1) is 11.8. The molecule has 0 fully saturated rings. The van der Waals surface area contributed by atoms with E-state index in [1.165, 1.54) is 4.57 Å². The third-order valence-electron chi connectivity index (χ3n) is 3.92. The van der Waals surface area contributed by atoms with Crippen LogP contribution in [-0.2, 0) is 4.74 Å². The van der Waals surface area contributed by atoms with Crippen LogP contribution in [0.4, 0.5) is 10.5 Å². The zero-order valence-electron chi connectivity index (χ0n) is 14.7. The molecule has 0 aliphatic rings. The molecule has 4 heteroatoms. The van der Waals surface area contributed by atoms with Crippen molar-refractivity contribution in [2.45, 2.75) is 26.4 Å². The van der Waals surface area contributed by atoms with E-state index in [1.54, 1.807) is 12.3 Å². The molecule has 2 N–H and O–H groups in total. The molecule has 0 saturated carbocycles. The Balaban J connectivity index is 2.11. The molecule has 0 atom stereocenters. The van der Waals surface area contributed by atoms with Crippen molar-refractivity contribution in [1.82, 2.24) is 4.57 Å². The normalized spacial score (nSPS) is 11.5. The smallest absolute Gasteiger partial charge is 0.418 e. The second-order valence-electron chi connectivity index (χ2n) is 6.97. The molecule has 0 radical (unpaired) electrons. The highest BCUT2D eigenvalue weighted by Crippen LogP contribution is 2.34. The molecule has 0 bridgehead atoms. The zero-order valence-corrected chi connectivity index (χ0v) is 14.7. The highest BCUT2D eigenvalue weighted by atomic mass is 16.6. The van der Waals surface area contributed by atoms with Crippen LogP contribution in [0.15, 0.2) is 61.3 Å². The Morgan fingerprint density at radius 2 is 1.76 bits per heavy atom. The Kier molecular flexibility index (Phi) is 4.13. The maximum absolute atomic E-state index is 12.5. The standard InChI is InChI=1S/C21H22N2O2/c1-14(15-8-6-5-7-9-15)19-16-12-13-23(18(16)11-10-17(19)22)20(24)25-21(2,3)4/h5-13H,1,22H2,2-4H3. The first-order valence-corrected chi connectivity index (χ1v) is 8.15. The minimum absolute atomic E-state index is 0.413. The highest BCUT2D eigenvalue weighted by molar-refractivity contribution is 6.03. The number of carbonyl (C=O) groups excluding carboxylic acids is 1. The maximum Gasteiger partial charge on any atom is 0.418 e. The number of nitrogen functional groups attached to an aromatic ring is 1. The SMILES string of the molecule is C=C(c1ccccc1)c1c(N)ccc2c1ccn2C(=O)OC(C)(C)C. The first-order valence-electron chi connectivity index (χ1n) is 8.15. The van der Waals surface area contributed by atoms with Gasteiger partial charge in [0.2, 0.25) is 0 Å². The highest BCUT2D eigenvalue weighted by Gasteiger charge is 2.20. The average molecular weight is 334 g/mol. The molecule has 1 aromatic heterocycles. The second kappa shape index (κ2) is 6.13. The summed E-state index contributed by atoms with van der Waals surface area (Å²) in [4.78, 5) is 12.5. The van der Waals surface area contributed by atoms with Gasteiger partial charge in [0.05, 0.1) is 5.52 Å². The number of carbonyl (C=O) groups is 1. The second-order valence-corrected chi connectivity index (χ2v) is 6.97. The fraction of sp³-hybridized carbons (Fsp3) is 0.190. The molecule has 0 amide bonds. The van der Waals surface area contributed by atoms with Crippen molar-refractivity contribution >= 4 is 28.3 Å². The van der Waals surface area contributed by atoms with Gasteiger partial charge in [-0.2, -0.15) is 0 Å². The summed E-state index contributed by atoms with van der Waals surface area (Å²) in [6, 6.07) is 15.4. The fourth-order valence-corrected chi connectivity index (χ4v) is 2.82. The Bertz CT molecular complexity index is 947. The van der Waals surface area contributed by atoms with E-state index in [9.17, 15) is 4.79 Å². The number of hydrogen-bond donors (Lipinski definition) is 1. The van der Waals surface area contributed by atoms with Crippen molar-refractivity contribution in [3.05, 3.63) is 72.4 Å². The van der Waals surface area contributed by atoms with Gasteiger partial charge in [-0.05, 0) is 50.1 Å². The lowest BCUT2D eigenvalue weighted by molar-refractivity contribution is 0.0544. The maximum atomic E-state index is 12.5. The van der Waals surface area contributed by atoms with Crippen molar-refractivity contribution in [3.63, 3.8) is 0 Å². The lowest BCUT2D eigenvalue weighted by Crippen LogP contribution is -2.26. The van der Waals surface area contributed by atoms with E-state index in [-0.39, 0.29) is 0 Å². The van der Waals surface area contributed by atoms with Gasteiger partial charge in [0, 0.05) is 22.8 Å². The van der Waals surface area contributed by atoms with E-state index in [0.29, 0.717) is 5.69 Å². The Morgan fingerprint density at radius 3 is 2.40 bits per heavy atom. The predicted molar refractivity (Wildman–Crippen MR) is 103 cm³/mol. The Labute approximate surface area is 147 Å². The number of fused-ring (bicyclic) bond motifs is 1. The molecule has 0 unspecified atom stereocenters. The number of hydrogen-bond acceptors (Lipinski definition) is 3. The summed E-state index contributed by atoms with van der Waals surface area (Å²) in [6.07, 6.45) is 1.29. The molecule has 1 heterocycles. The summed E-state index contributed by atoms with van der Waals surface area (Å²) in [5, 5.41) is 0.875. The molecular formula is C21H22N2O2. The van der Waals surface area contributed by atoms with E-state index in [0.717, 1.165) is 27.6 Å². The lowest BCUT2D eigenvalue weighted by atomic mass is 9.95. The van der Waals surface area contributed by atoms with Crippen LogP contribution in [0.2, 0.25) is 0 Å². The van der Waals surface area contributed by atoms with Crippen LogP contribution in [0.1, 0.15) is 31.9 Å². The van der Waals surface area contributed by atoms with Gasteiger partial charge >= 0.3 is 6.09 Å². The van der Waals surface area contributed by atoms with Crippen molar-refractivity contribution in [2.75, 3.05) is 5.73 Å². The van der Waals surface area contributed by atoms with E-state index < -0.39 is 11.7 Å². The average Bonchev–Trinajstić information content (AvgIpc) is 2.97. The van der Waals surface area contributed by atoms with Gasteiger partial charge in [-0.1, -0.05) is 36.9 Å². The number of ether oxygens (including phenoxy) is 1. The van der Waals surface area contributed by atoms with Gasteiger partial charge in [-0.15, -0.1) is 0 Å². The third kappa shape index (κ3) is 3.29. The quantitative estimate of drug-likeness (QED) is 0.666. The van der Waals surface area contributed by atoms with Gasteiger partial charge in [-0.3, -0.25) is 4.57 Å². The molecule has 128 valence electrons.